The van der Waals surface area contributed by atoms with Crippen LogP contribution in [0.1, 0.15) is 18.5 Å². The molecule has 1 aromatic rings. The number of aliphatic imine (C=N–C) groups is 1. The van der Waals surface area contributed by atoms with Crippen LogP contribution in [0, 0.1) is 10.1 Å². The monoisotopic (exact) mass is 222 g/mol. The van der Waals surface area contributed by atoms with E-state index in [4.69, 9.17) is 4.74 Å². The maximum atomic E-state index is 10.6. The van der Waals surface area contributed by atoms with E-state index >= 15 is 0 Å². The number of hydrogen-bond acceptors (Lipinski definition) is 5. The zero-order valence-electron chi connectivity index (χ0n) is 8.84. The molecule has 0 amide bonds. The van der Waals surface area contributed by atoms with E-state index in [1.807, 2.05) is 0 Å². The number of nitro benzene ring substituents is 1. The van der Waals surface area contributed by atoms with Crippen LogP contribution < -0.4 is 4.74 Å². The van der Waals surface area contributed by atoms with Crippen molar-refractivity contribution in [2.45, 2.75) is 13.0 Å². The summed E-state index contributed by atoms with van der Waals surface area (Å²) < 4.78 is 5.04. The van der Waals surface area contributed by atoms with E-state index in [0.29, 0.717) is 11.3 Å². The fourth-order valence-electron chi connectivity index (χ4n) is 1.31. The average molecular weight is 222 g/mol. The van der Waals surface area contributed by atoms with Crippen molar-refractivity contribution in [1.82, 2.24) is 0 Å². The van der Waals surface area contributed by atoms with Crippen LogP contribution >= 0.6 is 0 Å². The molecular formula is C10H10N2O4. The van der Waals surface area contributed by atoms with Crippen LogP contribution in [0.15, 0.2) is 23.2 Å². The summed E-state index contributed by atoms with van der Waals surface area (Å²) in [4.78, 5) is 23.7. The van der Waals surface area contributed by atoms with Crippen LogP contribution in [0.2, 0.25) is 0 Å². The lowest BCUT2D eigenvalue weighted by atomic mass is 10.1. The summed E-state index contributed by atoms with van der Waals surface area (Å²) in [6.07, 6.45) is 1.42. The van der Waals surface area contributed by atoms with Gasteiger partial charge in [0, 0.05) is 17.7 Å². The standard InChI is InChI=1S/C10H10N2O4/c1-7(11-6-13)9-5-8(12(14)15)3-4-10(9)16-2/h3-5,7H,1-2H3. The van der Waals surface area contributed by atoms with Crippen molar-refractivity contribution in [2.75, 3.05) is 7.11 Å². The van der Waals surface area contributed by atoms with Gasteiger partial charge in [0.2, 0.25) is 6.08 Å². The molecule has 0 saturated heterocycles. The normalized spacial score (nSPS) is 11.4. The first kappa shape index (κ1) is 11.9. The number of ether oxygens (including phenoxy) is 1. The van der Waals surface area contributed by atoms with Crippen molar-refractivity contribution >= 4 is 11.8 Å². The molecule has 0 heterocycles. The number of rotatable bonds is 4. The number of carbonyl (C=O) groups excluding carboxylic acids is 1. The van der Waals surface area contributed by atoms with Gasteiger partial charge in [-0.25, -0.2) is 4.79 Å². The summed E-state index contributed by atoms with van der Waals surface area (Å²) >= 11 is 0. The molecule has 1 atom stereocenters. The van der Waals surface area contributed by atoms with Crippen LogP contribution in [0.3, 0.4) is 0 Å². The van der Waals surface area contributed by atoms with Crippen molar-refractivity contribution in [3.63, 3.8) is 0 Å². The number of hydrogen-bond donors (Lipinski definition) is 0. The van der Waals surface area contributed by atoms with E-state index in [9.17, 15) is 14.9 Å². The van der Waals surface area contributed by atoms with Gasteiger partial charge in [-0.3, -0.25) is 10.1 Å². The quantitative estimate of drug-likeness (QED) is 0.337. The first-order chi connectivity index (χ1) is 7.60. The van der Waals surface area contributed by atoms with Crippen LogP contribution in [0.5, 0.6) is 5.75 Å². The Kier molecular flexibility index (Phi) is 3.74. The Hall–Kier alpha value is -2.20. The summed E-state index contributed by atoms with van der Waals surface area (Å²) in [5.41, 5.74) is 0.420. The Bertz CT molecular complexity index is 452. The predicted octanol–water partition coefficient (Wildman–Crippen LogP) is 2.00. The van der Waals surface area contributed by atoms with Gasteiger partial charge in [0.15, 0.2) is 0 Å². The van der Waals surface area contributed by atoms with Gasteiger partial charge >= 0.3 is 0 Å². The number of non-ortho nitro benzene ring substituents is 1. The van der Waals surface area contributed by atoms with E-state index in [1.54, 1.807) is 6.92 Å². The Morgan fingerprint density at radius 3 is 2.75 bits per heavy atom. The van der Waals surface area contributed by atoms with E-state index in [1.165, 1.54) is 31.4 Å². The van der Waals surface area contributed by atoms with Crippen molar-refractivity contribution < 1.29 is 14.5 Å². The molecule has 6 heteroatoms. The summed E-state index contributed by atoms with van der Waals surface area (Å²) in [5, 5.41) is 10.6. The van der Waals surface area contributed by atoms with Gasteiger partial charge in [-0.05, 0) is 13.0 Å². The summed E-state index contributed by atoms with van der Waals surface area (Å²) in [6.45, 7) is 1.63. The molecule has 0 aliphatic carbocycles. The molecule has 0 aliphatic heterocycles. The molecule has 0 bridgehead atoms. The molecule has 0 fully saturated rings. The second kappa shape index (κ2) is 5.04. The topological polar surface area (TPSA) is 81.8 Å². The van der Waals surface area contributed by atoms with E-state index in [0.717, 1.165) is 0 Å². The molecular weight excluding hydrogens is 212 g/mol. The molecule has 1 rings (SSSR count). The van der Waals surface area contributed by atoms with Gasteiger partial charge in [0.1, 0.15) is 5.75 Å². The summed E-state index contributed by atoms with van der Waals surface area (Å²) in [7, 11) is 1.45. The number of isocyanates is 1. The zero-order chi connectivity index (χ0) is 12.1. The van der Waals surface area contributed by atoms with Gasteiger partial charge < -0.3 is 4.74 Å². The Morgan fingerprint density at radius 2 is 2.25 bits per heavy atom. The van der Waals surface area contributed by atoms with Crippen molar-refractivity contribution in [1.29, 1.82) is 0 Å². The lowest BCUT2D eigenvalue weighted by Gasteiger charge is -2.10. The van der Waals surface area contributed by atoms with Crippen LogP contribution in [0.25, 0.3) is 0 Å². The van der Waals surface area contributed by atoms with Gasteiger partial charge in [-0.15, -0.1) is 0 Å². The van der Waals surface area contributed by atoms with Crippen molar-refractivity contribution in [2.24, 2.45) is 4.99 Å². The number of nitro groups is 1. The Balaban J connectivity index is 3.26. The molecule has 0 N–H and O–H groups in total. The molecule has 0 radical (unpaired) electrons. The molecule has 1 unspecified atom stereocenters. The smallest absolute Gasteiger partial charge is 0.270 e. The first-order valence-electron chi connectivity index (χ1n) is 4.49. The number of benzene rings is 1. The third-order valence-electron chi connectivity index (χ3n) is 2.12. The molecule has 6 nitrogen and oxygen atoms in total. The van der Waals surface area contributed by atoms with Crippen molar-refractivity contribution in [3.05, 3.63) is 33.9 Å². The van der Waals surface area contributed by atoms with Gasteiger partial charge in [-0.1, -0.05) is 0 Å². The largest absolute Gasteiger partial charge is 0.496 e. The highest BCUT2D eigenvalue weighted by molar-refractivity contribution is 5.46. The maximum Gasteiger partial charge on any atom is 0.270 e. The molecule has 16 heavy (non-hydrogen) atoms. The molecule has 84 valence electrons. The predicted molar refractivity (Wildman–Crippen MR) is 56.2 cm³/mol. The third kappa shape index (κ3) is 2.43. The average Bonchev–Trinajstić information content (AvgIpc) is 2.28. The third-order valence-corrected chi connectivity index (χ3v) is 2.12. The van der Waals surface area contributed by atoms with Gasteiger partial charge in [0.05, 0.1) is 18.1 Å². The fourth-order valence-corrected chi connectivity index (χ4v) is 1.31. The first-order valence-corrected chi connectivity index (χ1v) is 4.49. The maximum absolute atomic E-state index is 10.6. The molecule has 0 saturated carbocycles. The van der Waals surface area contributed by atoms with Crippen molar-refractivity contribution in [3.8, 4) is 5.75 Å². The fraction of sp³-hybridized carbons (Fsp3) is 0.300. The molecule has 0 aliphatic rings. The van der Waals surface area contributed by atoms with E-state index < -0.39 is 11.0 Å². The Morgan fingerprint density at radius 1 is 1.56 bits per heavy atom. The minimum atomic E-state index is -0.521. The highest BCUT2D eigenvalue weighted by Crippen LogP contribution is 2.30. The Labute approximate surface area is 91.7 Å². The van der Waals surface area contributed by atoms with E-state index in [2.05, 4.69) is 4.99 Å². The lowest BCUT2D eigenvalue weighted by Crippen LogP contribution is -1.97. The minimum Gasteiger partial charge on any atom is -0.496 e. The second-order valence-corrected chi connectivity index (χ2v) is 3.08. The summed E-state index contributed by atoms with van der Waals surface area (Å²) in [5.74, 6) is 0.456. The SMILES string of the molecule is COc1ccc([N+](=O)[O-])cc1C(C)N=C=O. The van der Waals surface area contributed by atoms with Crippen LogP contribution in [0.4, 0.5) is 5.69 Å². The number of methoxy groups -OCH3 is 1. The zero-order valence-corrected chi connectivity index (χ0v) is 8.84. The van der Waals surface area contributed by atoms with Gasteiger partial charge in [0.25, 0.3) is 5.69 Å². The molecule has 0 spiro atoms. The van der Waals surface area contributed by atoms with Crippen LogP contribution in [-0.2, 0) is 4.79 Å². The highest BCUT2D eigenvalue weighted by Gasteiger charge is 2.15. The minimum absolute atomic E-state index is 0.0660. The van der Waals surface area contributed by atoms with E-state index in [-0.39, 0.29) is 5.69 Å². The molecule has 0 aromatic heterocycles. The number of nitrogens with zero attached hydrogens (tertiary/aromatic N) is 2. The van der Waals surface area contributed by atoms with Gasteiger partial charge in [-0.2, -0.15) is 4.99 Å². The van der Waals surface area contributed by atoms with Crippen LogP contribution in [-0.4, -0.2) is 18.1 Å². The highest BCUT2D eigenvalue weighted by atomic mass is 16.6. The lowest BCUT2D eigenvalue weighted by molar-refractivity contribution is -0.384. The second-order valence-electron chi connectivity index (χ2n) is 3.08. The molecule has 1 aromatic carbocycles. The summed E-state index contributed by atoms with van der Waals surface area (Å²) in [6, 6.07) is 3.63.